The molecule has 6 heteroatoms. The molecule has 2 aromatic heterocycles. The lowest BCUT2D eigenvalue weighted by atomic mass is 10.2. The van der Waals surface area contributed by atoms with Gasteiger partial charge in [0.2, 0.25) is 5.95 Å². The van der Waals surface area contributed by atoms with E-state index in [2.05, 4.69) is 20.3 Å². The van der Waals surface area contributed by atoms with Crippen LogP contribution in [-0.2, 0) is 0 Å². The van der Waals surface area contributed by atoms with E-state index in [1.165, 1.54) is 0 Å². The molecule has 104 valence electrons. The van der Waals surface area contributed by atoms with Crippen molar-refractivity contribution in [2.24, 2.45) is 5.73 Å². The number of hydrogen-bond donors (Lipinski definition) is 2. The number of pyridine rings is 1. The maximum absolute atomic E-state index is 6.17. The number of nitrogens with zero attached hydrogens (tertiary/aromatic N) is 3. The summed E-state index contributed by atoms with van der Waals surface area (Å²) in [5.41, 5.74) is 7.49. The zero-order chi connectivity index (χ0) is 13.9. The first-order valence-electron chi connectivity index (χ1n) is 6.67. The lowest BCUT2D eigenvalue weighted by Crippen LogP contribution is -2.21. The van der Waals surface area contributed by atoms with Gasteiger partial charge in [0.1, 0.15) is 0 Å². The van der Waals surface area contributed by atoms with E-state index < -0.39 is 0 Å². The molecule has 0 amide bonds. The van der Waals surface area contributed by atoms with Crippen LogP contribution in [0.15, 0.2) is 30.7 Å². The summed E-state index contributed by atoms with van der Waals surface area (Å²) in [5.74, 6) is 0.590. The molecule has 3 N–H and O–H groups in total. The average Bonchev–Trinajstić information content (AvgIpc) is 2.87. The molecule has 1 fully saturated rings. The summed E-state index contributed by atoms with van der Waals surface area (Å²) in [6, 6.07) is 4.40. The van der Waals surface area contributed by atoms with Crippen molar-refractivity contribution in [1.82, 2.24) is 15.0 Å². The Morgan fingerprint density at radius 1 is 1.30 bits per heavy atom. The second kappa shape index (κ2) is 5.73. The molecule has 0 bridgehead atoms. The van der Waals surface area contributed by atoms with Gasteiger partial charge in [0.05, 0.1) is 16.9 Å². The highest BCUT2D eigenvalue weighted by molar-refractivity contribution is 6.32. The molecular formula is C14H16ClN5. The summed E-state index contributed by atoms with van der Waals surface area (Å²) in [4.78, 5) is 12.8. The van der Waals surface area contributed by atoms with Gasteiger partial charge in [-0.05, 0) is 31.4 Å². The normalized spacial score (nSPS) is 21.9. The third kappa shape index (κ3) is 2.89. The fraction of sp³-hybridized carbons (Fsp3) is 0.357. The Balaban J connectivity index is 1.83. The van der Waals surface area contributed by atoms with Crippen LogP contribution in [0.1, 0.15) is 19.3 Å². The summed E-state index contributed by atoms with van der Waals surface area (Å²) in [5, 5.41) is 3.85. The number of halogens is 1. The van der Waals surface area contributed by atoms with Gasteiger partial charge in [0, 0.05) is 30.0 Å². The lowest BCUT2D eigenvalue weighted by molar-refractivity contribution is 0.685. The van der Waals surface area contributed by atoms with E-state index in [1.807, 2.05) is 12.1 Å². The minimum absolute atomic E-state index is 0.276. The molecule has 2 heterocycles. The topological polar surface area (TPSA) is 76.7 Å². The molecule has 5 nitrogen and oxygen atoms in total. The van der Waals surface area contributed by atoms with Gasteiger partial charge in [0.25, 0.3) is 0 Å². The van der Waals surface area contributed by atoms with Gasteiger partial charge in [-0.15, -0.1) is 0 Å². The first-order chi connectivity index (χ1) is 9.72. The molecular weight excluding hydrogens is 274 g/mol. The van der Waals surface area contributed by atoms with Crippen molar-refractivity contribution in [3.8, 4) is 11.3 Å². The molecule has 2 atom stereocenters. The predicted molar refractivity (Wildman–Crippen MR) is 79.5 cm³/mol. The molecule has 0 aliphatic heterocycles. The average molecular weight is 290 g/mol. The predicted octanol–water partition coefficient (Wildman–Crippen LogP) is 2.48. The Labute approximate surface area is 122 Å². The number of nitrogens with two attached hydrogens (primary N) is 1. The summed E-state index contributed by atoms with van der Waals surface area (Å²) < 4.78 is 0. The summed E-state index contributed by atoms with van der Waals surface area (Å²) in [6.07, 6.45) is 8.12. The van der Waals surface area contributed by atoms with Crippen LogP contribution >= 0.6 is 11.6 Å². The first kappa shape index (κ1) is 13.3. The molecule has 1 saturated carbocycles. The van der Waals surface area contributed by atoms with Crippen molar-refractivity contribution in [2.75, 3.05) is 5.32 Å². The second-order valence-electron chi connectivity index (χ2n) is 5.05. The van der Waals surface area contributed by atoms with Crippen LogP contribution in [-0.4, -0.2) is 27.0 Å². The molecule has 0 saturated heterocycles. The smallest absolute Gasteiger partial charge is 0.223 e. The Morgan fingerprint density at radius 2 is 2.20 bits per heavy atom. The Hall–Kier alpha value is -1.72. The Bertz CT molecular complexity index is 589. The highest BCUT2D eigenvalue weighted by Gasteiger charge is 2.22. The quantitative estimate of drug-likeness (QED) is 0.908. The maximum Gasteiger partial charge on any atom is 0.223 e. The van der Waals surface area contributed by atoms with Crippen LogP contribution in [0.3, 0.4) is 0 Å². The molecule has 1 aliphatic carbocycles. The minimum Gasteiger partial charge on any atom is -0.351 e. The van der Waals surface area contributed by atoms with Crippen LogP contribution in [0.25, 0.3) is 11.3 Å². The number of nitrogens with one attached hydrogen (secondary N) is 1. The number of aromatic nitrogens is 3. The van der Waals surface area contributed by atoms with Gasteiger partial charge >= 0.3 is 0 Å². The second-order valence-corrected chi connectivity index (χ2v) is 5.45. The SMILES string of the molecule is NC1CCC(Nc2ncc(Cl)c(-c3cccnc3)n2)C1. The van der Waals surface area contributed by atoms with Crippen LogP contribution in [0.4, 0.5) is 5.95 Å². The van der Waals surface area contributed by atoms with Crippen LogP contribution in [0.5, 0.6) is 0 Å². The molecule has 1 aliphatic rings. The lowest BCUT2D eigenvalue weighted by Gasteiger charge is -2.13. The van der Waals surface area contributed by atoms with E-state index in [-0.39, 0.29) is 6.04 Å². The van der Waals surface area contributed by atoms with Crippen LogP contribution in [0.2, 0.25) is 5.02 Å². The summed E-state index contributed by atoms with van der Waals surface area (Å²) in [6.45, 7) is 0. The summed E-state index contributed by atoms with van der Waals surface area (Å²) in [7, 11) is 0. The molecule has 0 aromatic carbocycles. The monoisotopic (exact) mass is 289 g/mol. The van der Waals surface area contributed by atoms with E-state index in [0.717, 1.165) is 24.8 Å². The van der Waals surface area contributed by atoms with Gasteiger partial charge in [-0.2, -0.15) is 0 Å². The standard InChI is InChI=1S/C14H16ClN5/c15-12-8-18-14(19-11-4-3-10(16)6-11)20-13(12)9-2-1-5-17-7-9/h1-2,5,7-8,10-11H,3-4,6,16H2,(H,18,19,20). The van der Waals surface area contributed by atoms with Gasteiger partial charge in [-0.1, -0.05) is 11.6 Å². The van der Waals surface area contributed by atoms with Crippen molar-refractivity contribution in [2.45, 2.75) is 31.3 Å². The van der Waals surface area contributed by atoms with E-state index in [1.54, 1.807) is 18.6 Å². The zero-order valence-corrected chi connectivity index (χ0v) is 11.7. The fourth-order valence-corrected chi connectivity index (χ4v) is 2.67. The van der Waals surface area contributed by atoms with Gasteiger partial charge < -0.3 is 11.1 Å². The first-order valence-corrected chi connectivity index (χ1v) is 7.05. The van der Waals surface area contributed by atoms with Crippen molar-refractivity contribution >= 4 is 17.5 Å². The van der Waals surface area contributed by atoms with Gasteiger partial charge in [0.15, 0.2) is 0 Å². The fourth-order valence-electron chi connectivity index (χ4n) is 2.47. The van der Waals surface area contributed by atoms with Crippen molar-refractivity contribution in [3.05, 3.63) is 35.7 Å². The third-order valence-corrected chi connectivity index (χ3v) is 3.76. The molecule has 20 heavy (non-hydrogen) atoms. The largest absolute Gasteiger partial charge is 0.351 e. The van der Waals surface area contributed by atoms with Crippen LogP contribution < -0.4 is 11.1 Å². The number of rotatable bonds is 3. The van der Waals surface area contributed by atoms with Crippen molar-refractivity contribution < 1.29 is 0 Å². The minimum atomic E-state index is 0.276. The molecule has 0 spiro atoms. The van der Waals surface area contributed by atoms with E-state index in [0.29, 0.717) is 22.7 Å². The van der Waals surface area contributed by atoms with Crippen LogP contribution in [0, 0.1) is 0 Å². The molecule has 0 radical (unpaired) electrons. The highest BCUT2D eigenvalue weighted by Crippen LogP contribution is 2.26. The third-order valence-electron chi connectivity index (χ3n) is 3.49. The van der Waals surface area contributed by atoms with Gasteiger partial charge in [-0.25, -0.2) is 9.97 Å². The van der Waals surface area contributed by atoms with Crippen molar-refractivity contribution in [1.29, 1.82) is 0 Å². The highest BCUT2D eigenvalue weighted by atomic mass is 35.5. The van der Waals surface area contributed by atoms with Crippen molar-refractivity contribution in [3.63, 3.8) is 0 Å². The Morgan fingerprint density at radius 3 is 2.90 bits per heavy atom. The Kier molecular flexibility index (Phi) is 3.80. The van der Waals surface area contributed by atoms with E-state index in [4.69, 9.17) is 17.3 Å². The van der Waals surface area contributed by atoms with E-state index in [9.17, 15) is 0 Å². The summed E-state index contributed by atoms with van der Waals surface area (Å²) >= 11 is 6.17. The molecule has 2 unspecified atom stereocenters. The van der Waals surface area contributed by atoms with E-state index >= 15 is 0 Å². The maximum atomic E-state index is 6.17. The number of anilines is 1. The zero-order valence-electron chi connectivity index (χ0n) is 11.0. The van der Waals surface area contributed by atoms with Gasteiger partial charge in [-0.3, -0.25) is 4.98 Å². The molecule has 3 rings (SSSR count). The molecule has 2 aromatic rings. The number of hydrogen-bond acceptors (Lipinski definition) is 5.